The standard InChI is InChI=1S/C21H25N3O5/c1-4-24(14-19(25)23-17-8-6-7-9-18(17)28-3)20(26)15-10-12-16(13-11-15)22-21(27)29-5-2/h6-13H,4-5,14H2,1-3H3,(H,22,27)(H,23,25). The van der Waals surface area contributed by atoms with Crippen LogP contribution in [0.3, 0.4) is 0 Å². The van der Waals surface area contributed by atoms with Gasteiger partial charge in [0.05, 0.1) is 19.4 Å². The van der Waals surface area contributed by atoms with Gasteiger partial charge in [-0.25, -0.2) is 4.79 Å². The summed E-state index contributed by atoms with van der Waals surface area (Å²) in [5, 5.41) is 5.32. The Morgan fingerprint density at radius 2 is 1.66 bits per heavy atom. The molecule has 8 nitrogen and oxygen atoms in total. The second kappa shape index (κ2) is 10.7. The number of para-hydroxylation sites is 2. The van der Waals surface area contributed by atoms with Crippen molar-refractivity contribution < 1.29 is 23.9 Å². The number of benzene rings is 2. The van der Waals surface area contributed by atoms with Crippen LogP contribution in [0.5, 0.6) is 5.75 Å². The van der Waals surface area contributed by atoms with Gasteiger partial charge < -0.3 is 19.7 Å². The first-order valence-corrected chi connectivity index (χ1v) is 9.24. The van der Waals surface area contributed by atoms with Crippen LogP contribution < -0.4 is 15.4 Å². The van der Waals surface area contributed by atoms with Gasteiger partial charge >= 0.3 is 6.09 Å². The normalized spacial score (nSPS) is 10.0. The first-order chi connectivity index (χ1) is 14.0. The van der Waals surface area contributed by atoms with Crippen molar-refractivity contribution in [3.8, 4) is 5.75 Å². The monoisotopic (exact) mass is 399 g/mol. The number of carbonyl (C=O) groups is 3. The lowest BCUT2D eigenvalue weighted by atomic mass is 10.1. The number of likely N-dealkylation sites (N-methyl/N-ethyl adjacent to an activating group) is 1. The lowest BCUT2D eigenvalue weighted by Gasteiger charge is -2.21. The summed E-state index contributed by atoms with van der Waals surface area (Å²) in [5.41, 5.74) is 1.46. The van der Waals surface area contributed by atoms with E-state index in [2.05, 4.69) is 10.6 Å². The molecule has 154 valence electrons. The molecule has 0 saturated carbocycles. The van der Waals surface area contributed by atoms with E-state index in [0.717, 1.165) is 0 Å². The highest BCUT2D eigenvalue weighted by Gasteiger charge is 2.18. The minimum absolute atomic E-state index is 0.101. The van der Waals surface area contributed by atoms with Gasteiger partial charge in [-0.15, -0.1) is 0 Å². The fourth-order valence-electron chi connectivity index (χ4n) is 2.60. The largest absolute Gasteiger partial charge is 0.495 e. The van der Waals surface area contributed by atoms with Crippen LogP contribution in [0, 0.1) is 0 Å². The highest BCUT2D eigenvalue weighted by molar-refractivity contribution is 6.00. The number of hydrogen-bond donors (Lipinski definition) is 2. The van der Waals surface area contributed by atoms with Crippen molar-refractivity contribution >= 4 is 29.3 Å². The molecule has 2 rings (SSSR count). The van der Waals surface area contributed by atoms with Crippen molar-refractivity contribution in [1.82, 2.24) is 4.90 Å². The Bertz CT molecular complexity index is 852. The van der Waals surface area contributed by atoms with E-state index in [1.807, 2.05) is 0 Å². The maximum absolute atomic E-state index is 12.7. The van der Waals surface area contributed by atoms with E-state index >= 15 is 0 Å². The minimum Gasteiger partial charge on any atom is -0.495 e. The van der Waals surface area contributed by atoms with Gasteiger partial charge in [-0.1, -0.05) is 12.1 Å². The third-order valence-electron chi connectivity index (χ3n) is 4.04. The van der Waals surface area contributed by atoms with Crippen molar-refractivity contribution in [3.05, 3.63) is 54.1 Å². The molecule has 0 radical (unpaired) electrons. The molecule has 0 unspecified atom stereocenters. The summed E-state index contributed by atoms with van der Waals surface area (Å²) >= 11 is 0. The van der Waals surface area contributed by atoms with Crippen LogP contribution >= 0.6 is 0 Å². The van der Waals surface area contributed by atoms with E-state index in [1.54, 1.807) is 62.4 Å². The molecule has 0 aliphatic heterocycles. The minimum atomic E-state index is -0.560. The van der Waals surface area contributed by atoms with E-state index in [4.69, 9.17) is 9.47 Å². The summed E-state index contributed by atoms with van der Waals surface area (Å²) in [5.74, 6) is -0.0735. The zero-order valence-corrected chi connectivity index (χ0v) is 16.7. The molecule has 0 aliphatic rings. The number of methoxy groups -OCH3 is 1. The molecule has 0 bridgehead atoms. The highest BCUT2D eigenvalue weighted by Crippen LogP contribution is 2.23. The summed E-state index contributed by atoms with van der Waals surface area (Å²) < 4.78 is 10.0. The number of nitrogens with zero attached hydrogens (tertiary/aromatic N) is 1. The molecule has 0 fully saturated rings. The lowest BCUT2D eigenvalue weighted by molar-refractivity contribution is -0.116. The van der Waals surface area contributed by atoms with E-state index < -0.39 is 6.09 Å². The van der Waals surface area contributed by atoms with Crippen LogP contribution in [0.4, 0.5) is 16.2 Å². The topological polar surface area (TPSA) is 97.0 Å². The second-order valence-electron chi connectivity index (χ2n) is 5.99. The van der Waals surface area contributed by atoms with Gasteiger partial charge in [0, 0.05) is 17.8 Å². The van der Waals surface area contributed by atoms with Gasteiger partial charge in [-0.2, -0.15) is 0 Å². The van der Waals surface area contributed by atoms with Crippen LogP contribution in [0.15, 0.2) is 48.5 Å². The molecular formula is C21H25N3O5. The average molecular weight is 399 g/mol. The number of ether oxygens (including phenoxy) is 2. The van der Waals surface area contributed by atoms with Crippen molar-refractivity contribution in [1.29, 1.82) is 0 Å². The van der Waals surface area contributed by atoms with E-state index in [9.17, 15) is 14.4 Å². The molecule has 0 atom stereocenters. The summed E-state index contributed by atoms with van der Waals surface area (Å²) in [4.78, 5) is 38.0. The third kappa shape index (κ3) is 6.24. The van der Waals surface area contributed by atoms with Crippen LogP contribution in [0.2, 0.25) is 0 Å². The first kappa shape index (κ1) is 21.7. The highest BCUT2D eigenvalue weighted by atomic mass is 16.5. The average Bonchev–Trinajstić information content (AvgIpc) is 2.72. The van der Waals surface area contributed by atoms with Gasteiger partial charge in [-0.05, 0) is 50.2 Å². The molecule has 3 amide bonds. The van der Waals surface area contributed by atoms with Crippen molar-refractivity contribution in [3.63, 3.8) is 0 Å². The number of nitrogens with one attached hydrogen (secondary N) is 2. The Morgan fingerprint density at radius 3 is 2.28 bits per heavy atom. The number of carbonyl (C=O) groups excluding carboxylic acids is 3. The fraction of sp³-hybridized carbons (Fsp3) is 0.286. The molecule has 0 heterocycles. The molecule has 2 N–H and O–H groups in total. The molecule has 0 saturated heterocycles. The van der Waals surface area contributed by atoms with Gasteiger partial charge in [-0.3, -0.25) is 14.9 Å². The zero-order valence-electron chi connectivity index (χ0n) is 16.7. The summed E-state index contributed by atoms with van der Waals surface area (Å²) in [7, 11) is 1.52. The van der Waals surface area contributed by atoms with Gasteiger partial charge in [0.15, 0.2) is 0 Å². The predicted octanol–water partition coefficient (Wildman–Crippen LogP) is 3.36. The number of hydrogen-bond acceptors (Lipinski definition) is 5. The quantitative estimate of drug-likeness (QED) is 0.709. The van der Waals surface area contributed by atoms with Crippen molar-refractivity contribution in [2.45, 2.75) is 13.8 Å². The number of anilines is 2. The van der Waals surface area contributed by atoms with E-state index in [0.29, 0.717) is 29.2 Å². The Balaban J connectivity index is 2.00. The Morgan fingerprint density at radius 1 is 0.966 bits per heavy atom. The smallest absolute Gasteiger partial charge is 0.411 e. The molecule has 8 heteroatoms. The maximum Gasteiger partial charge on any atom is 0.411 e. The Kier molecular flexibility index (Phi) is 8.02. The van der Waals surface area contributed by atoms with Crippen LogP contribution in [0.25, 0.3) is 0 Å². The molecule has 0 aromatic heterocycles. The number of amides is 3. The van der Waals surface area contributed by atoms with E-state index in [1.165, 1.54) is 12.0 Å². The zero-order chi connectivity index (χ0) is 21.2. The Labute approximate surface area is 169 Å². The second-order valence-corrected chi connectivity index (χ2v) is 5.99. The molecule has 2 aromatic carbocycles. The fourth-order valence-corrected chi connectivity index (χ4v) is 2.60. The molecule has 0 aliphatic carbocycles. The SMILES string of the molecule is CCOC(=O)Nc1ccc(C(=O)N(CC)CC(=O)Nc2ccccc2OC)cc1. The van der Waals surface area contributed by atoms with Crippen molar-refractivity contribution in [2.24, 2.45) is 0 Å². The van der Waals surface area contributed by atoms with Crippen molar-refractivity contribution in [2.75, 3.05) is 37.4 Å². The van der Waals surface area contributed by atoms with Crippen LogP contribution in [-0.2, 0) is 9.53 Å². The first-order valence-electron chi connectivity index (χ1n) is 9.24. The van der Waals surface area contributed by atoms with Crippen LogP contribution in [-0.4, -0.2) is 49.6 Å². The van der Waals surface area contributed by atoms with Crippen LogP contribution in [0.1, 0.15) is 24.2 Å². The Hall–Kier alpha value is -3.55. The molecular weight excluding hydrogens is 374 g/mol. The van der Waals surface area contributed by atoms with Gasteiger partial charge in [0.1, 0.15) is 12.3 Å². The summed E-state index contributed by atoms with van der Waals surface area (Å²) in [6, 6.07) is 13.4. The lowest BCUT2D eigenvalue weighted by Crippen LogP contribution is -2.37. The molecule has 29 heavy (non-hydrogen) atoms. The van der Waals surface area contributed by atoms with Gasteiger partial charge in [0.25, 0.3) is 5.91 Å². The summed E-state index contributed by atoms with van der Waals surface area (Å²) in [6.45, 7) is 4.04. The third-order valence-corrected chi connectivity index (χ3v) is 4.04. The summed E-state index contributed by atoms with van der Waals surface area (Å²) in [6.07, 6.45) is -0.560. The maximum atomic E-state index is 12.7. The predicted molar refractivity (Wildman–Crippen MR) is 110 cm³/mol. The molecule has 0 spiro atoms. The number of rotatable bonds is 8. The van der Waals surface area contributed by atoms with E-state index in [-0.39, 0.29) is 25.0 Å². The van der Waals surface area contributed by atoms with Gasteiger partial charge in [0.2, 0.25) is 5.91 Å². The molecule has 2 aromatic rings.